The van der Waals surface area contributed by atoms with Gasteiger partial charge < -0.3 is 10.5 Å². The first-order valence-corrected chi connectivity index (χ1v) is 7.27. The van der Waals surface area contributed by atoms with Gasteiger partial charge in [-0.3, -0.25) is 9.89 Å². The molecule has 3 N–H and O–H groups in total. The number of nitrogens with two attached hydrogens (primary N) is 1. The molecule has 0 aliphatic rings. The molecule has 0 amide bonds. The number of nitrogens with zero attached hydrogens (tertiary/aromatic N) is 2. The SMILES string of the molecule is CCOc1ccccc1-c1cc2nc(CCN)cc(=O)n2[nH]1. The quantitative estimate of drug-likeness (QED) is 0.749. The standard InChI is InChI=1S/C16H18N4O2/c1-2-22-14-6-4-3-5-12(14)13-10-15-18-11(7-8-17)9-16(21)20(15)19-13/h3-6,9-10,19H,2,7-8,17H2,1H3. The van der Waals surface area contributed by atoms with E-state index < -0.39 is 0 Å². The molecule has 0 spiro atoms. The smallest absolute Gasteiger partial charge is 0.272 e. The van der Waals surface area contributed by atoms with Gasteiger partial charge in [-0.05, 0) is 25.6 Å². The molecule has 0 fully saturated rings. The van der Waals surface area contributed by atoms with Crippen molar-refractivity contribution in [3.05, 3.63) is 52.4 Å². The molecule has 3 rings (SSSR count). The fourth-order valence-corrected chi connectivity index (χ4v) is 2.42. The number of benzene rings is 1. The van der Waals surface area contributed by atoms with Crippen molar-refractivity contribution in [3.63, 3.8) is 0 Å². The lowest BCUT2D eigenvalue weighted by Gasteiger charge is -2.07. The summed E-state index contributed by atoms with van der Waals surface area (Å²) in [6, 6.07) is 11.1. The highest BCUT2D eigenvalue weighted by Crippen LogP contribution is 2.28. The zero-order chi connectivity index (χ0) is 15.5. The number of fused-ring (bicyclic) bond motifs is 1. The number of aromatic nitrogens is 3. The Labute approximate surface area is 127 Å². The monoisotopic (exact) mass is 298 g/mol. The molecule has 0 atom stereocenters. The van der Waals surface area contributed by atoms with Crippen LogP contribution in [0.4, 0.5) is 0 Å². The van der Waals surface area contributed by atoms with Gasteiger partial charge in [0.05, 0.1) is 12.3 Å². The van der Waals surface area contributed by atoms with Crippen molar-refractivity contribution in [1.29, 1.82) is 0 Å². The van der Waals surface area contributed by atoms with Crippen LogP contribution < -0.4 is 16.0 Å². The molecule has 0 aliphatic carbocycles. The van der Waals surface area contributed by atoms with Crippen LogP contribution in [-0.4, -0.2) is 27.7 Å². The minimum absolute atomic E-state index is 0.145. The van der Waals surface area contributed by atoms with Crippen molar-refractivity contribution in [2.24, 2.45) is 5.73 Å². The Kier molecular flexibility index (Phi) is 3.93. The molecule has 1 aromatic carbocycles. The second-order valence-corrected chi connectivity index (χ2v) is 4.92. The van der Waals surface area contributed by atoms with Crippen molar-refractivity contribution in [3.8, 4) is 17.0 Å². The number of para-hydroxylation sites is 1. The van der Waals surface area contributed by atoms with Gasteiger partial charge in [0.2, 0.25) is 0 Å². The van der Waals surface area contributed by atoms with Gasteiger partial charge in [-0.2, -0.15) is 0 Å². The molecule has 114 valence electrons. The van der Waals surface area contributed by atoms with Gasteiger partial charge >= 0.3 is 0 Å². The fraction of sp³-hybridized carbons (Fsp3) is 0.250. The minimum atomic E-state index is -0.145. The lowest BCUT2D eigenvalue weighted by atomic mass is 10.1. The Balaban J connectivity index is 2.13. The molecule has 0 aliphatic heterocycles. The van der Waals surface area contributed by atoms with Crippen LogP contribution in [0.5, 0.6) is 5.75 Å². The molecule has 22 heavy (non-hydrogen) atoms. The molecular weight excluding hydrogens is 280 g/mol. The number of aromatic amines is 1. The highest BCUT2D eigenvalue weighted by Gasteiger charge is 2.11. The Morgan fingerprint density at radius 1 is 1.32 bits per heavy atom. The Morgan fingerprint density at radius 3 is 2.91 bits per heavy atom. The number of ether oxygens (including phenoxy) is 1. The molecule has 0 bridgehead atoms. The van der Waals surface area contributed by atoms with E-state index >= 15 is 0 Å². The maximum absolute atomic E-state index is 12.1. The predicted octanol–water partition coefficient (Wildman–Crippen LogP) is 1.59. The van der Waals surface area contributed by atoms with Crippen LogP contribution in [0.3, 0.4) is 0 Å². The number of nitrogens with one attached hydrogen (secondary N) is 1. The summed E-state index contributed by atoms with van der Waals surface area (Å²) in [5, 5.41) is 3.08. The van der Waals surface area contributed by atoms with Gasteiger partial charge in [0, 0.05) is 29.8 Å². The first kappa shape index (κ1) is 14.3. The van der Waals surface area contributed by atoms with Crippen molar-refractivity contribution >= 4 is 5.65 Å². The van der Waals surface area contributed by atoms with Crippen molar-refractivity contribution in [1.82, 2.24) is 14.6 Å². The van der Waals surface area contributed by atoms with Crippen LogP contribution in [0.2, 0.25) is 0 Å². The summed E-state index contributed by atoms with van der Waals surface area (Å²) in [6.45, 7) is 2.98. The average molecular weight is 298 g/mol. The summed E-state index contributed by atoms with van der Waals surface area (Å²) in [4.78, 5) is 16.6. The lowest BCUT2D eigenvalue weighted by molar-refractivity contribution is 0.341. The van der Waals surface area contributed by atoms with Crippen LogP contribution in [0.15, 0.2) is 41.2 Å². The minimum Gasteiger partial charge on any atom is -0.493 e. The van der Waals surface area contributed by atoms with Gasteiger partial charge in [-0.15, -0.1) is 0 Å². The lowest BCUT2D eigenvalue weighted by Crippen LogP contribution is -2.17. The van der Waals surface area contributed by atoms with Gasteiger partial charge in [-0.25, -0.2) is 9.50 Å². The van der Waals surface area contributed by atoms with Crippen molar-refractivity contribution in [2.75, 3.05) is 13.2 Å². The Morgan fingerprint density at radius 2 is 2.14 bits per heavy atom. The van der Waals surface area contributed by atoms with E-state index in [1.165, 1.54) is 10.6 Å². The maximum Gasteiger partial charge on any atom is 0.272 e. The number of hydrogen-bond donors (Lipinski definition) is 2. The van der Waals surface area contributed by atoms with Crippen molar-refractivity contribution < 1.29 is 4.74 Å². The third-order valence-electron chi connectivity index (χ3n) is 3.38. The van der Waals surface area contributed by atoms with E-state index in [-0.39, 0.29) is 5.56 Å². The first-order chi connectivity index (χ1) is 10.7. The number of H-pyrrole nitrogens is 1. The molecule has 2 aromatic heterocycles. The predicted molar refractivity (Wildman–Crippen MR) is 85.2 cm³/mol. The van der Waals surface area contributed by atoms with E-state index in [0.717, 1.165) is 17.0 Å². The molecule has 2 heterocycles. The maximum atomic E-state index is 12.1. The van der Waals surface area contributed by atoms with Crippen molar-refractivity contribution in [2.45, 2.75) is 13.3 Å². The summed E-state index contributed by atoms with van der Waals surface area (Å²) < 4.78 is 7.06. The average Bonchev–Trinajstić information content (AvgIpc) is 2.93. The van der Waals surface area contributed by atoms with Gasteiger partial charge in [0.25, 0.3) is 5.56 Å². The van der Waals surface area contributed by atoms with E-state index in [2.05, 4.69) is 10.1 Å². The zero-order valence-corrected chi connectivity index (χ0v) is 12.4. The van der Waals surface area contributed by atoms with Crippen LogP contribution in [-0.2, 0) is 6.42 Å². The molecule has 0 radical (unpaired) electrons. The van der Waals surface area contributed by atoms with E-state index in [1.807, 2.05) is 37.3 Å². The molecule has 0 saturated carbocycles. The van der Waals surface area contributed by atoms with Crippen LogP contribution in [0.1, 0.15) is 12.6 Å². The van der Waals surface area contributed by atoms with Gasteiger partial charge in [0.1, 0.15) is 5.75 Å². The van der Waals surface area contributed by atoms with Gasteiger partial charge in [0.15, 0.2) is 5.65 Å². The Hall–Kier alpha value is -2.60. The van der Waals surface area contributed by atoms with Crippen LogP contribution in [0.25, 0.3) is 16.9 Å². The molecular formula is C16H18N4O2. The molecule has 3 aromatic rings. The molecule has 6 heteroatoms. The summed E-state index contributed by atoms with van der Waals surface area (Å²) in [5.41, 5.74) is 8.36. The normalized spacial score (nSPS) is 11.0. The summed E-state index contributed by atoms with van der Waals surface area (Å²) in [7, 11) is 0. The number of hydrogen-bond acceptors (Lipinski definition) is 4. The fourth-order valence-electron chi connectivity index (χ4n) is 2.42. The highest BCUT2D eigenvalue weighted by molar-refractivity contribution is 5.70. The summed E-state index contributed by atoms with van der Waals surface area (Å²) >= 11 is 0. The summed E-state index contributed by atoms with van der Waals surface area (Å²) in [5.74, 6) is 0.770. The van der Waals surface area contributed by atoms with Gasteiger partial charge in [-0.1, -0.05) is 12.1 Å². The third kappa shape index (κ3) is 2.60. The summed E-state index contributed by atoms with van der Waals surface area (Å²) in [6.07, 6.45) is 0.585. The van der Waals surface area contributed by atoms with E-state index in [9.17, 15) is 4.79 Å². The third-order valence-corrected chi connectivity index (χ3v) is 3.38. The molecule has 6 nitrogen and oxygen atoms in total. The molecule has 0 unspecified atom stereocenters. The largest absolute Gasteiger partial charge is 0.493 e. The molecule has 0 saturated heterocycles. The van der Waals surface area contributed by atoms with E-state index in [1.54, 1.807) is 0 Å². The van der Waals surface area contributed by atoms with Crippen LogP contribution >= 0.6 is 0 Å². The van der Waals surface area contributed by atoms with Crippen LogP contribution in [0, 0.1) is 0 Å². The first-order valence-electron chi connectivity index (χ1n) is 7.27. The van der Waals surface area contributed by atoms with E-state index in [0.29, 0.717) is 30.9 Å². The second kappa shape index (κ2) is 6.03. The Bertz CT molecular complexity index is 851. The number of rotatable bonds is 5. The zero-order valence-electron chi connectivity index (χ0n) is 12.4. The topological polar surface area (TPSA) is 85.4 Å². The van der Waals surface area contributed by atoms with E-state index in [4.69, 9.17) is 10.5 Å². The highest BCUT2D eigenvalue weighted by atomic mass is 16.5. The second-order valence-electron chi connectivity index (χ2n) is 4.92.